The van der Waals surface area contributed by atoms with E-state index >= 15 is 0 Å². The van der Waals surface area contributed by atoms with Crippen LogP contribution in [0.5, 0.6) is 0 Å². The van der Waals surface area contributed by atoms with Crippen LogP contribution in [-0.2, 0) is 9.47 Å². The zero-order valence-electron chi connectivity index (χ0n) is 18.9. The molecule has 0 saturated carbocycles. The minimum atomic E-state index is -0.448. The first-order chi connectivity index (χ1) is 17.2. The number of benzene rings is 2. The number of rotatable bonds is 4. The Morgan fingerprint density at radius 3 is 2.80 bits per heavy atom. The van der Waals surface area contributed by atoms with Crippen molar-refractivity contribution < 1.29 is 14.3 Å². The second-order valence-electron chi connectivity index (χ2n) is 8.18. The number of hydrogen-bond donors (Lipinski definition) is 1. The molecule has 0 amide bonds. The highest BCUT2D eigenvalue weighted by Crippen LogP contribution is 2.36. The molecule has 1 aliphatic heterocycles. The van der Waals surface area contributed by atoms with E-state index in [4.69, 9.17) is 26.1 Å². The third-order valence-electron chi connectivity index (χ3n) is 6.22. The molecule has 0 spiro atoms. The van der Waals surface area contributed by atoms with Crippen molar-refractivity contribution in [3.05, 3.63) is 65.6 Å². The van der Waals surface area contributed by atoms with Gasteiger partial charge in [-0.05, 0) is 24.3 Å². The quantitative estimate of drug-likeness (QED) is 0.378. The zero-order chi connectivity index (χ0) is 23.9. The Bertz CT molecular complexity index is 1560. The first-order valence-electron chi connectivity index (χ1n) is 11.2. The van der Waals surface area contributed by atoms with Crippen LogP contribution in [0.4, 0.5) is 5.69 Å². The van der Waals surface area contributed by atoms with Crippen molar-refractivity contribution in [2.24, 2.45) is 0 Å². The maximum atomic E-state index is 12.9. The van der Waals surface area contributed by atoms with Crippen LogP contribution in [0, 0.1) is 0 Å². The van der Waals surface area contributed by atoms with Crippen LogP contribution in [0.3, 0.4) is 0 Å². The summed E-state index contributed by atoms with van der Waals surface area (Å²) in [7, 11) is 1.38. The van der Waals surface area contributed by atoms with Gasteiger partial charge in [0.25, 0.3) is 0 Å². The average Bonchev–Trinajstić information content (AvgIpc) is 3.56. The number of imidazole rings is 1. The molecule has 1 aliphatic rings. The second kappa shape index (κ2) is 8.68. The lowest BCUT2D eigenvalue weighted by Gasteiger charge is -2.29. The molecule has 0 atom stereocenters. The van der Waals surface area contributed by atoms with Gasteiger partial charge in [0.2, 0.25) is 0 Å². The number of ether oxygens (including phenoxy) is 2. The van der Waals surface area contributed by atoms with Gasteiger partial charge in [0.1, 0.15) is 11.3 Å². The predicted molar refractivity (Wildman–Crippen MR) is 133 cm³/mol. The predicted octanol–water partition coefficient (Wildman–Crippen LogP) is 4.24. The fourth-order valence-corrected chi connectivity index (χ4v) is 4.79. The number of para-hydroxylation sites is 1. The molecule has 10 heteroatoms. The van der Waals surface area contributed by atoms with Gasteiger partial charge in [0.05, 0.1) is 59.4 Å². The molecule has 0 unspecified atom stereocenters. The highest BCUT2D eigenvalue weighted by atomic mass is 35.5. The Morgan fingerprint density at radius 2 is 2.03 bits per heavy atom. The minimum Gasteiger partial charge on any atom is -0.465 e. The number of anilines is 1. The number of methoxy groups -OCH3 is 1. The summed E-state index contributed by atoms with van der Waals surface area (Å²) in [5, 5.41) is 8.40. The van der Waals surface area contributed by atoms with Gasteiger partial charge in [-0.25, -0.2) is 9.78 Å². The normalized spacial score (nSPS) is 14.1. The smallest absolute Gasteiger partial charge is 0.340 e. The summed E-state index contributed by atoms with van der Waals surface area (Å²) >= 11 is 6.48. The Labute approximate surface area is 205 Å². The molecule has 0 bridgehead atoms. The summed E-state index contributed by atoms with van der Waals surface area (Å²) in [5.74, 6) is 0.182. The van der Waals surface area contributed by atoms with Crippen LogP contribution in [0.1, 0.15) is 10.4 Å². The fourth-order valence-electron chi connectivity index (χ4n) is 4.56. The minimum absolute atomic E-state index is 0.395. The van der Waals surface area contributed by atoms with Crippen LogP contribution < -0.4 is 4.90 Å². The standard InChI is InChI=1S/C25H21ClN6O3/c1-34-25(33)18-11-16(31-7-9-35-10-8-31)12-21-23(18)30-24(15-13-28-29-14-15)32(21)20-5-6-27-22-17(20)3-2-4-19(22)26/h2-6,11-14H,7-10H2,1H3,(H,28,29). The highest BCUT2D eigenvalue weighted by Gasteiger charge is 2.25. The number of pyridine rings is 1. The Hall–Kier alpha value is -3.95. The number of hydrogen-bond acceptors (Lipinski definition) is 7. The van der Waals surface area contributed by atoms with Crippen molar-refractivity contribution in [2.75, 3.05) is 38.3 Å². The van der Waals surface area contributed by atoms with Crippen LogP contribution >= 0.6 is 11.6 Å². The molecule has 2 aromatic carbocycles. The lowest BCUT2D eigenvalue weighted by molar-refractivity contribution is 0.0603. The number of H-pyrrole nitrogens is 1. The molecule has 0 radical (unpaired) electrons. The van der Waals surface area contributed by atoms with Gasteiger partial charge in [-0.1, -0.05) is 23.7 Å². The Morgan fingerprint density at radius 1 is 1.17 bits per heavy atom. The molecule has 176 valence electrons. The Balaban J connectivity index is 1.72. The lowest BCUT2D eigenvalue weighted by Crippen LogP contribution is -2.36. The van der Waals surface area contributed by atoms with Crippen molar-refractivity contribution in [1.29, 1.82) is 0 Å². The number of nitrogens with zero attached hydrogens (tertiary/aromatic N) is 5. The number of carbonyl (C=O) groups is 1. The Kier molecular flexibility index (Phi) is 5.35. The largest absolute Gasteiger partial charge is 0.465 e. The molecule has 9 nitrogen and oxygen atoms in total. The first-order valence-corrected chi connectivity index (χ1v) is 11.5. The van der Waals surface area contributed by atoms with Crippen LogP contribution in [0.2, 0.25) is 5.02 Å². The molecule has 1 fully saturated rings. The third-order valence-corrected chi connectivity index (χ3v) is 6.53. The molecule has 35 heavy (non-hydrogen) atoms. The highest BCUT2D eigenvalue weighted by molar-refractivity contribution is 6.35. The van der Waals surface area contributed by atoms with Gasteiger partial charge in [-0.2, -0.15) is 5.10 Å². The van der Waals surface area contributed by atoms with Crippen LogP contribution in [-0.4, -0.2) is 64.1 Å². The van der Waals surface area contributed by atoms with Crippen molar-refractivity contribution in [1.82, 2.24) is 24.7 Å². The molecular weight excluding hydrogens is 468 g/mol. The van der Waals surface area contributed by atoms with E-state index in [1.807, 2.05) is 34.9 Å². The molecule has 1 N–H and O–H groups in total. The molecule has 3 aromatic heterocycles. The number of halogens is 1. The number of esters is 1. The number of aromatic nitrogens is 5. The van der Waals surface area contributed by atoms with Gasteiger partial charge in [0.15, 0.2) is 0 Å². The van der Waals surface area contributed by atoms with Crippen LogP contribution in [0.15, 0.2) is 55.0 Å². The van der Waals surface area contributed by atoms with Crippen molar-refractivity contribution in [2.45, 2.75) is 0 Å². The average molecular weight is 489 g/mol. The molecular formula is C25H21ClN6O3. The van der Waals surface area contributed by atoms with Crippen LogP contribution in [0.25, 0.3) is 39.0 Å². The number of morpholine rings is 1. The number of nitrogens with one attached hydrogen (secondary N) is 1. The molecule has 5 aromatic rings. The number of aromatic amines is 1. The van der Waals surface area contributed by atoms with Gasteiger partial charge in [0, 0.05) is 36.6 Å². The van der Waals surface area contributed by atoms with E-state index in [1.54, 1.807) is 18.6 Å². The summed E-state index contributed by atoms with van der Waals surface area (Å²) in [6, 6.07) is 11.5. The van der Waals surface area contributed by atoms with E-state index in [2.05, 4.69) is 26.1 Å². The summed E-state index contributed by atoms with van der Waals surface area (Å²) in [5.41, 5.74) is 4.89. The second-order valence-corrected chi connectivity index (χ2v) is 8.58. The van der Waals surface area contributed by atoms with E-state index < -0.39 is 5.97 Å². The third kappa shape index (κ3) is 3.60. The van der Waals surface area contributed by atoms with Crippen molar-refractivity contribution >= 4 is 45.2 Å². The van der Waals surface area contributed by atoms with E-state index in [0.29, 0.717) is 40.7 Å². The van der Waals surface area contributed by atoms with Gasteiger partial charge >= 0.3 is 5.97 Å². The fraction of sp³-hybridized carbons (Fsp3) is 0.200. The zero-order valence-corrected chi connectivity index (χ0v) is 19.6. The number of carbonyl (C=O) groups excluding carboxylic acids is 1. The van der Waals surface area contributed by atoms with Gasteiger partial charge in [-0.3, -0.25) is 14.6 Å². The molecule has 4 heterocycles. The van der Waals surface area contributed by atoms with E-state index in [1.165, 1.54) is 7.11 Å². The summed E-state index contributed by atoms with van der Waals surface area (Å²) < 4.78 is 12.7. The number of fused-ring (bicyclic) bond motifs is 2. The van der Waals surface area contributed by atoms with Gasteiger partial charge < -0.3 is 14.4 Å². The molecule has 6 rings (SSSR count). The van der Waals surface area contributed by atoms with Crippen molar-refractivity contribution in [3.63, 3.8) is 0 Å². The topological polar surface area (TPSA) is 98.2 Å². The maximum absolute atomic E-state index is 12.9. The van der Waals surface area contributed by atoms with E-state index in [9.17, 15) is 4.79 Å². The SMILES string of the molecule is COC(=O)c1cc(N2CCOCC2)cc2c1nc(-c1cn[nH]c1)n2-c1ccnc2c(Cl)cccc12. The lowest BCUT2D eigenvalue weighted by atomic mass is 10.1. The monoisotopic (exact) mass is 488 g/mol. The molecule has 0 aliphatic carbocycles. The summed E-state index contributed by atoms with van der Waals surface area (Å²) in [4.78, 5) is 24.5. The summed E-state index contributed by atoms with van der Waals surface area (Å²) in [6.07, 6.45) is 5.20. The maximum Gasteiger partial charge on any atom is 0.340 e. The molecule has 1 saturated heterocycles. The summed E-state index contributed by atoms with van der Waals surface area (Å²) in [6.45, 7) is 2.70. The first kappa shape index (κ1) is 21.6. The van der Waals surface area contributed by atoms with Crippen molar-refractivity contribution in [3.8, 4) is 17.1 Å². The van der Waals surface area contributed by atoms with Gasteiger partial charge in [-0.15, -0.1) is 0 Å². The van der Waals surface area contributed by atoms with E-state index in [0.717, 1.165) is 40.9 Å². The van der Waals surface area contributed by atoms with E-state index in [-0.39, 0.29) is 0 Å².